The van der Waals surface area contributed by atoms with Crippen molar-refractivity contribution in [1.82, 2.24) is 5.32 Å². The Morgan fingerprint density at radius 3 is 2.53 bits per heavy atom. The average molecular weight is 219 g/mol. The molecule has 3 heteroatoms. The first kappa shape index (κ1) is 10.4. The monoisotopic (exact) mass is 219 g/mol. The van der Waals surface area contributed by atoms with E-state index in [0.717, 1.165) is 5.56 Å². The molecule has 1 aliphatic rings. The summed E-state index contributed by atoms with van der Waals surface area (Å²) in [5, 5.41) is 4.26. The van der Waals surface area contributed by atoms with E-state index < -0.39 is 8.07 Å². The lowest BCUT2D eigenvalue weighted by Crippen LogP contribution is -2.41. The first-order valence-corrected chi connectivity index (χ1v) is 8.85. The summed E-state index contributed by atoms with van der Waals surface area (Å²) in [5.41, 5.74) is 2.11. The van der Waals surface area contributed by atoms with E-state index >= 15 is 0 Å². The van der Waals surface area contributed by atoms with Gasteiger partial charge in [-0.3, -0.25) is 4.79 Å². The molecule has 0 aliphatic carbocycles. The molecular weight excluding hydrogens is 202 g/mol. The SMILES string of the molecule is CC1NC(=O)c2c1cccc2[Si](C)(C)C. The number of nitrogens with one attached hydrogen (secondary N) is 1. The van der Waals surface area contributed by atoms with Crippen LogP contribution in [0.15, 0.2) is 18.2 Å². The Hall–Kier alpha value is -1.09. The second-order valence-corrected chi connectivity index (χ2v) is 10.3. The normalized spacial score (nSPS) is 20.0. The fraction of sp³-hybridized carbons (Fsp3) is 0.417. The molecule has 1 heterocycles. The zero-order chi connectivity index (χ0) is 11.2. The van der Waals surface area contributed by atoms with Crippen molar-refractivity contribution in [2.45, 2.75) is 32.6 Å². The van der Waals surface area contributed by atoms with Gasteiger partial charge in [0.2, 0.25) is 0 Å². The molecule has 0 bridgehead atoms. The summed E-state index contributed by atoms with van der Waals surface area (Å²) in [6.45, 7) is 8.87. The largest absolute Gasteiger partial charge is 0.345 e. The van der Waals surface area contributed by atoms with Gasteiger partial charge >= 0.3 is 0 Å². The number of hydrogen-bond donors (Lipinski definition) is 1. The molecule has 0 aromatic heterocycles. The van der Waals surface area contributed by atoms with Gasteiger partial charge in [-0.1, -0.05) is 37.8 Å². The quantitative estimate of drug-likeness (QED) is 0.720. The van der Waals surface area contributed by atoms with Crippen LogP contribution in [-0.2, 0) is 0 Å². The van der Waals surface area contributed by atoms with Gasteiger partial charge in [0.15, 0.2) is 0 Å². The number of fused-ring (bicyclic) bond motifs is 1. The molecule has 1 unspecified atom stereocenters. The van der Waals surface area contributed by atoms with Crippen molar-refractivity contribution in [3.05, 3.63) is 29.3 Å². The number of benzene rings is 1. The minimum atomic E-state index is -1.42. The number of hydrogen-bond acceptors (Lipinski definition) is 1. The van der Waals surface area contributed by atoms with Crippen LogP contribution in [-0.4, -0.2) is 14.0 Å². The van der Waals surface area contributed by atoms with Gasteiger partial charge in [0.1, 0.15) is 0 Å². The second-order valence-electron chi connectivity index (χ2n) is 5.21. The van der Waals surface area contributed by atoms with Crippen molar-refractivity contribution < 1.29 is 4.79 Å². The fourth-order valence-electron chi connectivity index (χ4n) is 2.16. The van der Waals surface area contributed by atoms with Crippen molar-refractivity contribution in [3.8, 4) is 0 Å². The molecular formula is C12H17NOSi. The van der Waals surface area contributed by atoms with Crippen molar-refractivity contribution >= 4 is 19.2 Å². The zero-order valence-corrected chi connectivity index (χ0v) is 10.7. The maximum Gasteiger partial charge on any atom is 0.251 e. The van der Waals surface area contributed by atoms with Gasteiger partial charge in [0, 0.05) is 5.56 Å². The van der Waals surface area contributed by atoms with Crippen molar-refractivity contribution in [1.29, 1.82) is 0 Å². The molecule has 1 amide bonds. The highest BCUT2D eigenvalue weighted by molar-refractivity contribution is 6.89. The van der Waals surface area contributed by atoms with E-state index in [0.29, 0.717) is 0 Å². The lowest BCUT2D eigenvalue weighted by molar-refractivity contribution is 0.0959. The van der Waals surface area contributed by atoms with Crippen molar-refractivity contribution in [2.75, 3.05) is 0 Å². The summed E-state index contributed by atoms with van der Waals surface area (Å²) in [7, 11) is -1.42. The molecule has 0 saturated heterocycles. The Morgan fingerprint density at radius 2 is 1.93 bits per heavy atom. The minimum absolute atomic E-state index is 0.107. The standard InChI is InChI=1S/C12H17NOSi/c1-8-9-6-5-7-10(15(2,3)4)11(9)12(14)13-8/h5-8H,1-4H3,(H,13,14). The predicted octanol–water partition coefficient (Wildman–Crippen LogP) is 2.04. The summed E-state index contributed by atoms with van der Waals surface area (Å²) in [4.78, 5) is 11.9. The molecule has 2 nitrogen and oxygen atoms in total. The molecule has 1 aliphatic heterocycles. The first-order valence-electron chi connectivity index (χ1n) is 5.35. The average Bonchev–Trinajstić information content (AvgIpc) is 2.41. The highest BCUT2D eigenvalue weighted by Gasteiger charge is 2.31. The van der Waals surface area contributed by atoms with E-state index in [2.05, 4.69) is 43.2 Å². The molecule has 1 aromatic carbocycles. The van der Waals surface area contributed by atoms with Crippen molar-refractivity contribution in [2.24, 2.45) is 0 Å². The number of carbonyl (C=O) groups is 1. The topological polar surface area (TPSA) is 29.1 Å². The summed E-state index contributed by atoms with van der Waals surface area (Å²) in [5.74, 6) is 0.107. The van der Waals surface area contributed by atoms with E-state index in [1.165, 1.54) is 10.8 Å². The van der Waals surface area contributed by atoms with Crippen LogP contribution < -0.4 is 10.5 Å². The number of rotatable bonds is 1. The molecule has 0 radical (unpaired) electrons. The van der Waals surface area contributed by atoms with Gasteiger partial charge in [-0.2, -0.15) is 0 Å². The number of amides is 1. The summed E-state index contributed by atoms with van der Waals surface area (Å²) in [6, 6.07) is 6.41. The van der Waals surface area contributed by atoms with Crippen LogP contribution in [0.3, 0.4) is 0 Å². The Kier molecular flexibility index (Phi) is 2.23. The lowest BCUT2D eigenvalue weighted by atomic mass is 10.1. The second kappa shape index (κ2) is 3.20. The Morgan fingerprint density at radius 1 is 1.27 bits per heavy atom. The van der Waals surface area contributed by atoms with Crippen LogP contribution >= 0.6 is 0 Å². The van der Waals surface area contributed by atoms with Crippen LogP contribution in [0.1, 0.15) is 28.9 Å². The van der Waals surface area contributed by atoms with E-state index in [1.807, 2.05) is 6.92 Å². The Balaban J connectivity index is 2.66. The Labute approximate surface area is 91.7 Å². The molecule has 1 aromatic rings. The molecule has 15 heavy (non-hydrogen) atoms. The minimum Gasteiger partial charge on any atom is -0.345 e. The van der Waals surface area contributed by atoms with E-state index in [-0.39, 0.29) is 11.9 Å². The first-order chi connectivity index (χ1) is 6.91. The van der Waals surface area contributed by atoms with Gasteiger partial charge in [0.05, 0.1) is 14.1 Å². The Bertz CT molecular complexity index is 420. The van der Waals surface area contributed by atoms with Crippen LogP contribution in [0.5, 0.6) is 0 Å². The molecule has 0 fully saturated rings. The molecule has 0 saturated carbocycles. The van der Waals surface area contributed by atoms with Gasteiger partial charge in [-0.15, -0.1) is 0 Å². The van der Waals surface area contributed by atoms with Gasteiger partial charge in [-0.25, -0.2) is 0 Å². The molecule has 1 N–H and O–H groups in total. The molecule has 2 rings (SSSR count). The third kappa shape index (κ3) is 1.61. The highest BCUT2D eigenvalue weighted by Crippen LogP contribution is 2.24. The highest BCUT2D eigenvalue weighted by atomic mass is 28.3. The molecule has 1 atom stereocenters. The van der Waals surface area contributed by atoms with E-state index in [1.54, 1.807) is 0 Å². The van der Waals surface area contributed by atoms with Gasteiger partial charge in [0.25, 0.3) is 5.91 Å². The number of carbonyl (C=O) groups excluding carboxylic acids is 1. The van der Waals surface area contributed by atoms with Crippen LogP contribution in [0.25, 0.3) is 0 Å². The molecule has 0 spiro atoms. The third-order valence-electron chi connectivity index (χ3n) is 2.95. The van der Waals surface area contributed by atoms with Crippen LogP contribution in [0.4, 0.5) is 0 Å². The third-order valence-corrected chi connectivity index (χ3v) is 4.98. The van der Waals surface area contributed by atoms with Gasteiger partial charge < -0.3 is 5.32 Å². The predicted molar refractivity (Wildman–Crippen MR) is 65.3 cm³/mol. The fourth-order valence-corrected chi connectivity index (χ4v) is 3.76. The van der Waals surface area contributed by atoms with Crippen LogP contribution in [0.2, 0.25) is 19.6 Å². The summed E-state index contributed by atoms with van der Waals surface area (Å²) in [6.07, 6.45) is 0. The van der Waals surface area contributed by atoms with Crippen LogP contribution in [0, 0.1) is 0 Å². The smallest absolute Gasteiger partial charge is 0.251 e. The van der Waals surface area contributed by atoms with E-state index in [4.69, 9.17) is 0 Å². The van der Waals surface area contributed by atoms with Gasteiger partial charge in [-0.05, 0) is 17.7 Å². The maximum atomic E-state index is 11.9. The summed E-state index contributed by atoms with van der Waals surface area (Å²) < 4.78 is 0. The maximum absolute atomic E-state index is 11.9. The summed E-state index contributed by atoms with van der Waals surface area (Å²) >= 11 is 0. The lowest BCUT2D eigenvalue weighted by Gasteiger charge is -2.19. The van der Waals surface area contributed by atoms with Crippen molar-refractivity contribution in [3.63, 3.8) is 0 Å². The molecule has 80 valence electrons. The van der Waals surface area contributed by atoms with E-state index in [9.17, 15) is 4.79 Å². The zero-order valence-electron chi connectivity index (χ0n) is 9.72.